The van der Waals surface area contributed by atoms with Crippen LogP contribution in [0.1, 0.15) is 87.3 Å². The van der Waals surface area contributed by atoms with Crippen molar-refractivity contribution in [2.24, 2.45) is 23.7 Å². The highest BCUT2D eigenvalue weighted by Gasteiger charge is 2.42. The Labute approximate surface area is 200 Å². The molecule has 1 saturated carbocycles. The molecule has 3 heteroatoms. The Morgan fingerprint density at radius 2 is 1.76 bits per heavy atom. The van der Waals surface area contributed by atoms with Gasteiger partial charge in [-0.3, -0.25) is 9.69 Å². The van der Waals surface area contributed by atoms with Crippen molar-refractivity contribution in [2.45, 2.75) is 71.9 Å². The maximum atomic E-state index is 12.9. The number of benzene rings is 2. The van der Waals surface area contributed by atoms with Gasteiger partial charge in [0.2, 0.25) is 0 Å². The molecule has 5 atom stereocenters. The lowest BCUT2D eigenvalue weighted by molar-refractivity contribution is 0.0478. The Bertz CT molecular complexity index is 933. The smallest absolute Gasteiger partial charge is 0.165 e. The van der Waals surface area contributed by atoms with E-state index in [-0.39, 0.29) is 17.7 Å². The molecule has 4 rings (SSSR count). The number of likely N-dealkylation sites (tertiary alicyclic amines) is 1. The number of carbonyl (C=O) groups is 1. The highest BCUT2D eigenvalue weighted by atomic mass is 16.5. The molecule has 1 heterocycles. The van der Waals surface area contributed by atoms with Crippen LogP contribution in [-0.4, -0.2) is 30.4 Å². The summed E-state index contributed by atoms with van der Waals surface area (Å²) < 4.78 is 5.58. The zero-order valence-electron chi connectivity index (χ0n) is 21.1. The largest absolute Gasteiger partial charge is 0.497 e. The monoisotopic (exact) mass is 447 g/mol. The third-order valence-corrected chi connectivity index (χ3v) is 8.57. The second kappa shape index (κ2) is 10.4. The van der Waals surface area contributed by atoms with E-state index in [0.717, 1.165) is 48.5 Å². The maximum absolute atomic E-state index is 12.9. The van der Waals surface area contributed by atoms with Gasteiger partial charge in [0.1, 0.15) is 5.75 Å². The van der Waals surface area contributed by atoms with Gasteiger partial charge in [-0.2, -0.15) is 0 Å². The predicted molar refractivity (Wildman–Crippen MR) is 136 cm³/mol. The van der Waals surface area contributed by atoms with Crippen molar-refractivity contribution in [1.29, 1.82) is 0 Å². The Morgan fingerprint density at radius 1 is 1.03 bits per heavy atom. The molecule has 2 aromatic rings. The van der Waals surface area contributed by atoms with E-state index in [9.17, 15) is 4.79 Å². The number of hydrogen-bond donors (Lipinski definition) is 0. The van der Waals surface area contributed by atoms with E-state index in [1.54, 1.807) is 7.11 Å². The van der Waals surface area contributed by atoms with Gasteiger partial charge in [-0.15, -0.1) is 0 Å². The predicted octanol–water partition coefficient (Wildman–Crippen LogP) is 7.16. The maximum Gasteiger partial charge on any atom is 0.165 e. The molecule has 1 saturated heterocycles. The van der Waals surface area contributed by atoms with Gasteiger partial charge in [0.15, 0.2) is 5.78 Å². The fourth-order valence-electron chi connectivity index (χ4n) is 6.46. The molecule has 2 fully saturated rings. The second-order valence-electron chi connectivity index (χ2n) is 10.4. The summed E-state index contributed by atoms with van der Waals surface area (Å²) in [6.45, 7) is 10.2. The number of nitrogens with zero attached hydrogens (tertiary/aromatic N) is 1. The van der Waals surface area contributed by atoms with Crippen LogP contribution >= 0.6 is 0 Å². The molecule has 178 valence electrons. The van der Waals surface area contributed by atoms with Crippen molar-refractivity contribution >= 4 is 5.78 Å². The minimum absolute atomic E-state index is 0.118. The van der Waals surface area contributed by atoms with Gasteiger partial charge >= 0.3 is 0 Å². The quantitative estimate of drug-likeness (QED) is 0.402. The molecule has 4 unspecified atom stereocenters. The summed E-state index contributed by atoms with van der Waals surface area (Å²) in [7, 11) is 1.74. The number of rotatable bonds is 8. The Hall–Kier alpha value is -2.13. The molecule has 0 bridgehead atoms. The van der Waals surface area contributed by atoms with E-state index in [0.29, 0.717) is 6.04 Å². The van der Waals surface area contributed by atoms with Gasteiger partial charge in [0.25, 0.3) is 0 Å². The van der Waals surface area contributed by atoms with Crippen LogP contribution in [0.5, 0.6) is 5.75 Å². The number of carbonyl (C=O) groups excluding carboxylic acids is 1. The standard InChI is InChI=1S/C30H41NO2/c1-6-22(7-2)30(32)24-15-13-23(14-16-24)29(26-9-8-10-27(18-26)33-5)31-19-28-20(3)11-12-25(28)17-21(31)4/h8-10,13-16,18,20-22,25,28-29H,6-7,11-12,17,19H2,1-5H3/t20?,21-,25?,28?,29?/m0/s1. The zero-order valence-corrected chi connectivity index (χ0v) is 21.1. The van der Waals surface area contributed by atoms with Gasteiger partial charge in [0, 0.05) is 24.1 Å². The molecule has 0 radical (unpaired) electrons. The molecule has 0 N–H and O–H groups in total. The van der Waals surface area contributed by atoms with Crippen LogP contribution in [0.3, 0.4) is 0 Å². The average molecular weight is 448 g/mol. The van der Waals surface area contributed by atoms with Crippen molar-refractivity contribution in [3.05, 3.63) is 65.2 Å². The molecular weight excluding hydrogens is 406 g/mol. The SMILES string of the molecule is CCC(CC)C(=O)c1ccc(C(c2cccc(OC)c2)N2CC3C(C)CCC3C[C@@H]2C)cc1. The number of ketones is 1. The molecule has 0 aromatic heterocycles. The van der Waals surface area contributed by atoms with Crippen LogP contribution in [0.4, 0.5) is 0 Å². The summed E-state index contributed by atoms with van der Waals surface area (Å²) in [5.74, 6) is 3.75. The first kappa shape index (κ1) is 24.0. The summed E-state index contributed by atoms with van der Waals surface area (Å²) in [6.07, 6.45) is 5.83. The van der Waals surface area contributed by atoms with Crippen LogP contribution in [-0.2, 0) is 0 Å². The van der Waals surface area contributed by atoms with E-state index in [4.69, 9.17) is 4.74 Å². The number of methoxy groups -OCH3 is 1. The average Bonchev–Trinajstić information content (AvgIpc) is 3.20. The summed E-state index contributed by atoms with van der Waals surface area (Å²) >= 11 is 0. The summed E-state index contributed by atoms with van der Waals surface area (Å²) in [4.78, 5) is 15.6. The fraction of sp³-hybridized carbons (Fsp3) is 0.567. The van der Waals surface area contributed by atoms with E-state index in [1.807, 2.05) is 6.07 Å². The van der Waals surface area contributed by atoms with Crippen LogP contribution in [0.2, 0.25) is 0 Å². The third kappa shape index (κ3) is 4.89. The van der Waals surface area contributed by atoms with Gasteiger partial charge in [-0.05, 0) is 73.6 Å². The summed E-state index contributed by atoms with van der Waals surface area (Å²) in [5.41, 5.74) is 3.37. The lowest BCUT2D eigenvalue weighted by Gasteiger charge is -2.46. The molecular formula is C30H41NO2. The molecule has 1 aliphatic carbocycles. The number of ether oxygens (including phenoxy) is 1. The van der Waals surface area contributed by atoms with Crippen molar-refractivity contribution < 1.29 is 9.53 Å². The molecule has 0 spiro atoms. The first-order valence-electron chi connectivity index (χ1n) is 13.0. The molecule has 2 aliphatic rings. The van der Waals surface area contributed by atoms with Crippen molar-refractivity contribution in [3.8, 4) is 5.75 Å². The first-order chi connectivity index (χ1) is 16.0. The lowest BCUT2D eigenvalue weighted by atomic mass is 9.79. The van der Waals surface area contributed by atoms with E-state index >= 15 is 0 Å². The van der Waals surface area contributed by atoms with E-state index in [2.05, 4.69) is 75.1 Å². The Balaban J connectivity index is 1.70. The number of hydrogen-bond acceptors (Lipinski definition) is 3. The summed E-state index contributed by atoms with van der Waals surface area (Å²) in [5, 5.41) is 0. The van der Waals surface area contributed by atoms with Crippen LogP contribution < -0.4 is 4.74 Å². The van der Waals surface area contributed by atoms with E-state index in [1.165, 1.54) is 30.4 Å². The molecule has 33 heavy (non-hydrogen) atoms. The Kier molecular flexibility index (Phi) is 7.58. The van der Waals surface area contributed by atoms with Gasteiger partial charge < -0.3 is 4.74 Å². The van der Waals surface area contributed by atoms with Crippen LogP contribution in [0, 0.1) is 23.7 Å². The minimum atomic E-state index is 0.118. The molecule has 2 aromatic carbocycles. The molecule has 1 aliphatic heterocycles. The third-order valence-electron chi connectivity index (χ3n) is 8.57. The molecule has 3 nitrogen and oxygen atoms in total. The van der Waals surface area contributed by atoms with E-state index < -0.39 is 0 Å². The zero-order chi connectivity index (χ0) is 23.5. The number of piperidine rings is 1. The van der Waals surface area contributed by atoms with Crippen molar-refractivity contribution in [3.63, 3.8) is 0 Å². The second-order valence-corrected chi connectivity index (χ2v) is 10.4. The van der Waals surface area contributed by atoms with Gasteiger partial charge in [-0.1, -0.05) is 63.6 Å². The Morgan fingerprint density at radius 3 is 2.42 bits per heavy atom. The number of fused-ring (bicyclic) bond motifs is 1. The van der Waals surface area contributed by atoms with Crippen LogP contribution in [0.25, 0.3) is 0 Å². The highest BCUT2D eigenvalue weighted by molar-refractivity contribution is 5.97. The topological polar surface area (TPSA) is 29.5 Å². The van der Waals surface area contributed by atoms with Crippen molar-refractivity contribution in [2.75, 3.05) is 13.7 Å². The lowest BCUT2D eigenvalue weighted by Crippen LogP contribution is -2.47. The van der Waals surface area contributed by atoms with Gasteiger partial charge in [-0.25, -0.2) is 0 Å². The fourth-order valence-corrected chi connectivity index (χ4v) is 6.46. The number of Topliss-reactive ketones (excluding diaryl/α,β-unsaturated/α-hetero) is 1. The first-order valence-corrected chi connectivity index (χ1v) is 13.0. The normalized spacial score (nSPS) is 26.2. The van der Waals surface area contributed by atoms with Crippen molar-refractivity contribution in [1.82, 2.24) is 4.90 Å². The van der Waals surface area contributed by atoms with Crippen LogP contribution in [0.15, 0.2) is 48.5 Å². The minimum Gasteiger partial charge on any atom is -0.497 e. The highest BCUT2D eigenvalue weighted by Crippen LogP contribution is 2.47. The van der Waals surface area contributed by atoms with Gasteiger partial charge in [0.05, 0.1) is 13.2 Å². The molecule has 0 amide bonds. The summed E-state index contributed by atoms with van der Waals surface area (Å²) in [6, 6.07) is 17.7.